The number of likely N-dealkylation sites (N-methyl/N-ethyl adjacent to an activating group) is 1. The molecule has 174 valence electrons. The standard InChI is InChI=1S/C26H33N5O2/c1-18-6-8-22(31-12-10-29(3)11-13-31)15-23(18)26(32)28-19(2)20-7-9-25(33-5)24(14-20)21-16-27-30(4)17-21/h6-9,14-17,19H,10-13H2,1-5H3,(H,28,32)/t19-/m1/s1. The molecule has 2 aromatic carbocycles. The average molecular weight is 448 g/mol. The first kappa shape index (κ1) is 22.9. The lowest BCUT2D eigenvalue weighted by molar-refractivity contribution is 0.0939. The molecule has 1 N–H and O–H groups in total. The lowest BCUT2D eigenvalue weighted by Gasteiger charge is -2.34. The van der Waals surface area contributed by atoms with Gasteiger partial charge in [-0.3, -0.25) is 9.48 Å². The highest BCUT2D eigenvalue weighted by Crippen LogP contribution is 2.32. The van der Waals surface area contributed by atoms with E-state index in [0.29, 0.717) is 0 Å². The summed E-state index contributed by atoms with van der Waals surface area (Å²) in [5, 5.41) is 7.46. The Morgan fingerprint density at radius 2 is 1.85 bits per heavy atom. The summed E-state index contributed by atoms with van der Waals surface area (Å²) >= 11 is 0. The Morgan fingerprint density at radius 1 is 1.09 bits per heavy atom. The first-order chi connectivity index (χ1) is 15.9. The summed E-state index contributed by atoms with van der Waals surface area (Å²) in [6.07, 6.45) is 3.77. The number of ether oxygens (including phenoxy) is 1. The summed E-state index contributed by atoms with van der Waals surface area (Å²) in [6.45, 7) is 8.00. The van der Waals surface area contributed by atoms with Crippen LogP contribution in [0.3, 0.4) is 0 Å². The van der Waals surface area contributed by atoms with Crippen molar-refractivity contribution in [2.75, 3.05) is 45.2 Å². The number of piperazine rings is 1. The van der Waals surface area contributed by atoms with Crippen LogP contribution in [0.1, 0.15) is 34.5 Å². The molecule has 7 heteroatoms. The van der Waals surface area contributed by atoms with E-state index < -0.39 is 0 Å². The van der Waals surface area contributed by atoms with Gasteiger partial charge in [-0.1, -0.05) is 12.1 Å². The van der Waals surface area contributed by atoms with Gasteiger partial charge in [0, 0.05) is 61.8 Å². The van der Waals surface area contributed by atoms with Gasteiger partial charge in [-0.2, -0.15) is 5.10 Å². The van der Waals surface area contributed by atoms with E-state index in [0.717, 1.165) is 65.4 Å². The number of rotatable bonds is 6. The second-order valence-electron chi connectivity index (χ2n) is 8.85. The molecule has 0 saturated carbocycles. The molecule has 1 amide bonds. The van der Waals surface area contributed by atoms with Gasteiger partial charge >= 0.3 is 0 Å². The van der Waals surface area contributed by atoms with Crippen molar-refractivity contribution in [1.82, 2.24) is 20.0 Å². The van der Waals surface area contributed by atoms with Crippen LogP contribution < -0.4 is 15.0 Å². The molecule has 33 heavy (non-hydrogen) atoms. The molecule has 0 bridgehead atoms. The molecular weight excluding hydrogens is 414 g/mol. The van der Waals surface area contributed by atoms with E-state index in [9.17, 15) is 4.79 Å². The number of hydrogen-bond acceptors (Lipinski definition) is 5. The topological polar surface area (TPSA) is 62.6 Å². The Labute approximate surface area is 196 Å². The van der Waals surface area contributed by atoms with E-state index in [1.54, 1.807) is 11.8 Å². The second-order valence-corrected chi connectivity index (χ2v) is 8.85. The maximum atomic E-state index is 13.2. The number of methoxy groups -OCH3 is 1. The molecular formula is C26H33N5O2. The Hall–Kier alpha value is -3.32. The van der Waals surface area contributed by atoms with Crippen LogP contribution in [0.25, 0.3) is 11.1 Å². The number of amides is 1. The van der Waals surface area contributed by atoms with Crippen molar-refractivity contribution < 1.29 is 9.53 Å². The van der Waals surface area contributed by atoms with Gasteiger partial charge in [0.1, 0.15) is 5.75 Å². The molecule has 0 unspecified atom stereocenters. The molecule has 2 heterocycles. The lowest BCUT2D eigenvalue weighted by Crippen LogP contribution is -2.44. The van der Waals surface area contributed by atoms with E-state index in [1.807, 2.05) is 57.6 Å². The van der Waals surface area contributed by atoms with Crippen LogP contribution >= 0.6 is 0 Å². The maximum Gasteiger partial charge on any atom is 0.252 e. The van der Waals surface area contributed by atoms with Crippen LogP contribution in [-0.4, -0.2) is 60.9 Å². The van der Waals surface area contributed by atoms with Gasteiger partial charge in [-0.05, 0) is 56.3 Å². The minimum absolute atomic E-state index is 0.0604. The van der Waals surface area contributed by atoms with Crippen molar-refractivity contribution in [3.63, 3.8) is 0 Å². The smallest absolute Gasteiger partial charge is 0.252 e. The molecule has 3 aromatic rings. The Bertz CT molecular complexity index is 1130. The maximum absolute atomic E-state index is 13.2. The number of anilines is 1. The highest BCUT2D eigenvalue weighted by molar-refractivity contribution is 5.97. The number of carbonyl (C=O) groups excluding carboxylic acids is 1. The molecule has 0 radical (unpaired) electrons. The molecule has 0 spiro atoms. The Kier molecular flexibility index (Phi) is 6.70. The van der Waals surface area contributed by atoms with Crippen LogP contribution in [0.15, 0.2) is 48.8 Å². The van der Waals surface area contributed by atoms with E-state index in [4.69, 9.17) is 4.74 Å². The largest absolute Gasteiger partial charge is 0.496 e. The number of hydrogen-bond donors (Lipinski definition) is 1. The number of nitrogens with zero attached hydrogens (tertiary/aromatic N) is 4. The van der Waals surface area contributed by atoms with Crippen LogP contribution in [0.5, 0.6) is 5.75 Å². The van der Waals surface area contributed by atoms with Crippen molar-refractivity contribution in [3.05, 3.63) is 65.5 Å². The first-order valence-corrected chi connectivity index (χ1v) is 11.4. The molecule has 1 fully saturated rings. The van der Waals surface area contributed by atoms with Crippen LogP contribution in [0, 0.1) is 6.92 Å². The van der Waals surface area contributed by atoms with Crippen molar-refractivity contribution in [1.29, 1.82) is 0 Å². The molecule has 0 aliphatic carbocycles. The highest BCUT2D eigenvalue weighted by Gasteiger charge is 2.19. The van der Waals surface area contributed by atoms with Crippen molar-refractivity contribution >= 4 is 11.6 Å². The predicted molar refractivity (Wildman–Crippen MR) is 132 cm³/mol. The fourth-order valence-electron chi connectivity index (χ4n) is 4.25. The molecule has 1 atom stereocenters. The zero-order valence-electron chi connectivity index (χ0n) is 20.1. The summed E-state index contributed by atoms with van der Waals surface area (Å²) in [7, 11) is 5.70. The fraction of sp³-hybridized carbons (Fsp3) is 0.385. The summed E-state index contributed by atoms with van der Waals surface area (Å²) < 4.78 is 7.32. The van der Waals surface area contributed by atoms with E-state index >= 15 is 0 Å². The van der Waals surface area contributed by atoms with Crippen LogP contribution in [0.4, 0.5) is 5.69 Å². The number of nitrogens with one attached hydrogen (secondary N) is 1. The van der Waals surface area contributed by atoms with E-state index in [1.165, 1.54) is 0 Å². The number of benzene rings is 2. The highest BCUT2D eigenvalue weighted by atomic mass is 16.5. The Morgan fingerprint density at radius 3 is 2.52 bits per heavy atom. The SMILES string of the molecule is COc1ccc([C@@H](C)NC(=O)c2cc(N3CCN(C)CC3)ccc2C)cc1-c1cnn(C)c1. The summed E-state index contributed by atoms with van der Waals surface area (Å²) in [5.41, 5.74) is 5.75. The quantitative estimate of drug-likeness (QED) is 0.625. The fourth-order valence-corrected chi connectivity index (χ4v) is 4.25. The molecule has 1 aromatic heterocycles. The van der Waals surface area contributed by atoms with Crippen LogP contribution in [-0.2, 0) is 7.05 Å². The molecule has 7 nitrogen and oxygen atoms in total. The van der Waals surface area contributed by atoms with Crippen molar-refractivity contribution in [2.45, 2.75) is 19.9 Å². The van der Waals surface area contributed by atoms with Crippen LogP contribution in [0.2, 0.25) is 0 Å². The summed E-state index contributed by atoms with van der Waals surface area (Å²) in [6, 6.07) is 12.0. The average Bonchev–Trinajstić information content (AvgIpc) is 3.25. The summed E-state index contributed by atoms with van der Waals surface area (Å²) in [5.74, 6) is 0.718. The molecule has 1 aliphatic heterocycles. The van der Waals surface area contributed by atoms with Crippen molar-refractivity contribution in [2.24, 2.45) is 7.05 Å². The van der Waals surface area contributed by atoms with E-state index in [2.05, 4.69) is 39.4 Å². The third-order valence-electron chi connectivity index (χ3n) is 6.42. The van der Waals surface area contributed by atoms with Gasteiger partial charge in [0.2, 0.25) is 0 Å². The normalized spacial score (nSPS) is 15.4. The minimum Gasteiger partial charge on any atom is -0.496 e. The molecule has 1 saturated heterocycles. The zero-order valence-corrected chi connectivity index (χ0v) is 20.1. The van der Waals surface area contributed by atoms with Gasteiger partial charge < -0.3 is 19.9 Å². The zero-order chi connectivity index (χ0) is 23.5. The van der Waals surface area contributed by atoms with Crippen molar-refractivity contribution in [3.8, 4) is 16.9 Å². The third-order valence-corrected chi connectivity index (χ3v) is 6.42. The summed E-state index contributed by atoms with van der Waals surface area (Å²) in [4.78, 5) is 17.9. The number of aryl methyl sites for hydroxylation is 2. The monoisotopic (exact) mass is 447 g/mol. The molecule has 4 rings (SSSR count). The van der Waals surface area contributed by atoms with Gasteiger partial charge in [-0.25, -0.2) is 0 Å². The lowest BCUT2D eigenvalue weighted by atomic mass is 10.00. The van der Waals surface area contributed by atoms with Gasteiger partial charge in [0.05, 0.1) is 19.3 Å². The third kappa shape index (κ3) is 5.03. The number of aromatic nitrogens is 2. The minimum atomic E-state index is -0.162. The Balaban J connectivity index is 1.54. The molecule has 1 aliphatic rings. The second kappa shape index (κ2) is 9.67. The van der Waals surface area contributed by atoms with E-state index in [-0.39, 0.29) is 11.9 Å². The van der Waals surface area contributed by atoms with Gasteiger partial charge in [0.25, 0.3) is 5.91 Å². The van der Waals surface area contributed by atoms with Gasteiger partial charge in [0.15, 0.2) is 0 Å². The number of carbonyl (C=O) groups is 1. The predicted octanol–water partition coefficient (Wildman–Crippen LogP) is 3.65. The first-order valence-electron chi connectivity index (χ1n) is 11.4. The van der Waals surface area contributed by atoms with Gasteiger partial charge in [-0.15, -0.1) is 0 Å².